The van der Waals surface area contributed by atoms with Gasteiger partial charge in [-0.25, -0.2) is 15.0 Å². The molecular formula is C18H25N5O3. The summed E-state index contributed by atoms with van der Waals surface area (Å²) in [6, 6.07) is 2.04. The molecule has 0 aromatic carbocycles. The SMILES string of the molecule is CN(C)/C=N/c1ncnc2c1ccn2[C@@H]1C[C@H](CO)[C@H]2OC(C)(C)O[C@H]21. The minimum absolute atomic E-state index is 0.0528. The van der Waals surface area contributed by atoms with Gasteiger partial charge >= 0.3 is 0 Å². The van der Waals surface area contributed by atoms with Crippen LogP contribution in [0.4, 0.5) is 5.82 Å². The van der Waals surface area contributed by atoms with Gasteiger partial charge in [0.05, 0.1) is 23.9 Å². The van der Waals surface area contributed by atoms with E-state index >= 15 is 0 Å². The quantitative estimate of drug-likeness (QED) is 0.661. The van der Waals surface area contributed by atoms with Crippen LogP contribution in [0.2, 0.25) is 0 Å². The van der Waals surface area contributed by atoms with Crippen molar-refractivity contribution in [3.63, 3.8) is 0 Å². The van der Waals surface area contributed by atoms with Gasteiger partial charge in [-0.3, -0.25) is 0 Å². The van der Waals surface area contributed by atoms with Gasteiger partial charge in [0.25, 0.3) is 0 Å². The minimum Gasteiger partial charge on any atom is -0.396 e. The highest BCUT2D eigenvalue weighted by molar-refractivity contribution is 5.87. The first-order valence-electron chi connectivity index (χ1n) is 8.88. The Kier molecular flexibility index (Phi) is 4.21. The van der Waals surface area contributed by atoms with Crippen molar-refractivity contribution >= 4 is 23.2 Å². The zero-order chi connectivity index (χ0) is 18.5. The maximum Gasteiger partial charge on any atom is 0.166 e. The number of nitrogens with zero attached hydrogens (tertiary/aromatic N) is 5. The Morgan fingerprint density at radius 1 is 1.35 bits per heavy atom. The minimum atomic E-state index is -0.638. The van der Waals surface area contributed by atoms with Crippen LogP contribution >= 0.6 is 0 Å². The third-order valence-corrected chi connectivity index (χ3v) is 5.04. The van der Waals surface area contributed by atoms with Crippen LogP contribution in [0.15, 0.2) is 23.6 Å². The highest BCUT2D eigenvalue weighted by Gasteiger charge is 2.54. The van der Waals surface area contributed by atoms with Crippen molar-refractivity contribution in [1.82, 2.24) is 19.4 Å². The molecule has 2 aliphatic rings. The predicted octanol–water partition coefficient (Wildman–Crippen LogP) is 1.73. The monoisotopic (exact) mass is 359 g/mol. The van der Waals surface area contributed by atoms with E-state index in [1.807, 2.05) is 45.1 Å². The molecular weight excluding hydrogens is 334 g/mol. The van der Waals surface area contributed by atoms with E-state index in [9.17, 15) is 5.11 Å². The van der Waals surface area contributed by atoms with Crippen molar-refractivity contribution < 1.29 is 14.6 Å². The number of hydrogen-bond acceptors (Lipinski definition) is 6. The fourth-order valence-electron chi connectivity index (χ4n) is 4.01. The molecule has 0 bridgehead atoms. The van der Waals surface area contributed by atoms with Crippen molar-refractivity contribution in [3.05, 3.63) is 18.6 Å². The molecule has 0 spiro atoms. The van der Waals surface area contributed by atoms with Crippen LogP contribution in [-0.4, -0.2) is 69.6 Å². The molecule has 1 N–H and O–H groups in total. The van der Waals surface area contributed by atoms with Gasteiger partial charge in [0.2, 0.25) is 0 Å². The first kappa shape index (κ1) is 17.4. The standard InChI is InChI=1S/C18H25N5O3/c1-18(2)25-14-11(8-24)7-13(15(14)26-18)23-6-5-12-16(21-10-22(3)4)19-9-20-17(12)23/h5-6,9-11,13-15,24H,7-8H2,1-4H3/b21-10+/t11-,13-,14-,15+/m1/s1. The summed E-state index contributed by atoms with van der Waals surface area (Å²) in [4.78, 5) is 15.1. The first-order valence-corrected chi connectivity index (χ1v) is 8.88. The highest BCUT2D eigenvalue weighted by atomic mass is 16.8. The summed E-state index contributed by atoms with van der Waals surface area (Å²) in [6.07, 6.45) is 5.83. The predicted molar refractivity (Wildman–Crippen MR) is 97.4 cm³/mol. The lowest BCUT2D eigenvalue weighted by Gasteiger charge is -2.24. The fraction of sp³-hybridized carbons (Fsp3) is 0.611. The molecule has 140 valence electrons. The highest BCUT2D eigenvalue weighted by Crippen LogP contribution is 2.47. The van der Waals surface area contributed by atoms with Crippen LogP contribution in [0.1, 0.15) is 26.3 Å². The average molecular weight is 359 g/mol. The lowest BCUT2D eigenvalue weighted by atomic mass is 10.1. The third-order valence-electron chi connectivity index (χ3n) is 5.04. The van der Waals surface area contributed by atoms with Crippen LogP contribution in [0, 0.1) is 5.92 Å². The van der Waals surface area contributed by atoms with E-state index in [-0.39, 0.29) is 30.8 Å². The molecule has 0 amide bonds. The molecule has 2 aromatic rings. The zero-order valence-electron chi connectivity index (χ0n) is 15.5. The second-order valence-electron chi connectivity index (χ2n) is 7.68. The number of hydrogen-bond donors (Lipinski definition) is 1. The molecule has 2 fully saturated rings. The van der Waals surface area contributed by atoms with E-state index in [1.54, 1.807) is 6.34 Å². The van der Waals surface area contributed by atoms with E-state index < -0.39 is 5.79 Å². The number of aliphatic imine (C=N–C) groups is 1. The second kappa shape index (κ2) is 6.29. The topological polar surface area (TPSA) is 85.0 Å². The Hall–Kier alpha value is -2.03. The van der Waals surface area contributed by atoms with Gasteiger partial charge in [-0.05, 0) is 26.3 Å². The summed E-state index contributed by atoms with van der Waals surface area (Å²) in [6.45, 7) is 3.92. The van der Waals surface area contributed by atoms with E-state index in [2.05, 4.69) is 19.5 Å². The summed E-state index contributed by atoms with van der Waals surface area (Å²) >= 11 is 0. The van der Waals surface area contributed by atoms with E-state index in [0.717, 1.165) is 17.5 Å². The summed E-state index contributed by atoms with van der Waals surface area (Å²) in [5.74, 6) is 0.0532. The van der Waals surface area contributed by atoms with Crippen molar-refractivity contribution in [1.29, 1.82) is 0 Å². The molecule has 4 rings (SSSR count). The van der Waals surface area contributed by atoms with Crippen LogP contribution in [0.3, 0.4) is 0 Å². The maximum absolute atomic E-state index is 9.78. The smallest absolute Gasteiger partial charge is 0.166 e. The second-order valence-corrected chi connectivity index (χ2v) is 7.68. The molecule has 8 nitrogen and oxygen atoms in total. The molecule has 26 heavy (non-hydrogen) atoms. The van der Waals surface area contributed by atoms with Crippen molar-refractivity contribution in [2.45, 2.75) is 44.3 Å². The van der Waals surface area contributed by atoms with Gasteiger partial charge < -0.3 is 24.0 Å². The number of fused-ring (bicyclic) bond motifs is 2. The fourth-order valence-corrected chi connectivity index (χ4v) is 4.01. The molecule has 1 aliphatic heterocycles. The zero-order valence-corrected chi connectivity index (χ0v) is 15.5. The summed E-state index contributed by atoms with van der Waals surface area (Å²) < 4.78 is 14.3. The Labute approximate surface area is 152 Å². The van der Waals surface area contributed by atoms with E-state index in [0.29, 0.717) is 5.82 Å². The Morgan fingerprint density at radius 2 is 2.12 bits per heavy atom. The molecule has 1 saturated heterocycles. The molecule has 1 aliphatic carbocycles. The number of ether oxygens (including phenoxy) is 2. The van der Waals surface area contributed by atoms with Crippen molar-refractivity contribution in [2.24, 2.45) is 10.9 Å². The van der Waals surface area contributed by atoms with Gasteiger partial charge in [0, 0.05) is 32.8 Å². The molecule has 8 heteroatoms. The van der Waals surface area contributed by atoms with Gasteiger partial charge in [-0.1, -0.05) is 0 Å². The lowest BCUT2D eigenvalue weighted by Crippen LogP contribution is -2.27. The van der Waals surface area contributed by atoms with E-state index in [1.165, 1.54) is 6.33 Å². The van der Waals surface area contributed by atoms with Gasteiger partial charge in [-0.15, -0.1) is 0 Å². The van der Waals surface area contributed by atoms with Crippen LogP contribution < -0.4 is 0 Å². The molecule has 2 aromatic heterocycles. The largest absolute Gasteiger partial charge is 0.396 e. The Bertz CT molecular complexity index is 831. The molecule has 3 heterocycles. The third kappa shape index (κ3) is 2.87. The number of aliphatic hydroxyl groups excluding tert-OH is 1. The van der Waals surface area contributed by atoms with Crippen LogP contribution in [0.5, 0.6) is 0 Å². The van der Waals surface area contributed by atoms with Crippen LogP contribution in [-0.2, 0) is 9.47 Å². The first-order chi connectivity index (χ1) is 12.4. The number of rotatable bonds is 4. The van der Waals surface area contributed by atoms with Gasteiger partial charge in [-0.2, -0.15) is 0 Å². The maximum atomic E-state index is 9.78. The summed E-state index contributed by atoms with van der Waals surface area (Å²) in [5, 5.41) is 10.7. The van der Waals surface area contributed by atoms with Gasteiger partial charge in [0.1, 0.15) is 18.1 Å². The Balaban J connectivity index is 1.72. The summed E-state index contributed by atoms with van der Waals surface area (Å²) in [5.41, 5.74) is 0.821. The Morgan fingerprint density at radius 3 is 2.85 bits per heavy atom. The lowest BCUT2D eigenvalue weighted by molar-refractivity contribution is -0.161. The van der Waals surface area contributed by atoms with Crippen molar-refractivity contribution in [3.8, 4) is 0 Å². The number of aliphatic hydroxyl groups is 1. The number of aromatic nitrogens is 3. The van der Waals surface area contributed by atoms with Crippen molar-refractivity contribution in [2.75, 3.05) is 20.7 Å². The molecule has 0 radical (unpaired) electrons. The molecule has 0 unspecified atom stereocenters. The van der Waals surface area contributed by atoms with E-state index in [4.69, 9.17) is 9.47 Å². The normalized spacial score (nSPS) is 30.3. The molecule has 4 atom stereocenters. The van der Waals surface area contributed by atoms with Gasteiger partial charge in [0.15, 0.2) is 11.6 Å². The van der Waals surface area contributed by atoms with Crippen LogP contribution in [0.25, 0.3) is 11.0 Å². The average Bonchev–Trinajstić information content (AvgIpc) is 3.23. The summed E-state index contributed by atoms with van der Waals surface area (Å²) in [7, 11) is 3.83. The molecule has 1 saturated carbocycles.